The molecule has 0 fully saturated rings. The summed E-state index contributed by atoms with van der Waals surface area (Å²) in [7, 11) is 0. The van der Waals surface area contributed by atoms with Crippen LogP contribution in [0, 0.1) is 44.6 Å². The quantitative estimate of drug-likeness (QED) is 0.282. The number of hydrogen-bond donors (Lipinski definition) is 0. The van der Waals surface area contributed by atoms with Crippen molar-refractivity contribution in [1.29, 1.82) is 0 Å². The Morgan fingerprint density at radius 1 is 1.00 bits per heavy atom. The summed E-state index contributed by atoms with van der Waals surface area (Å²) < 4.78 is 22.5. The van der Waals surface area contributed by atoms with E-state index in [9.17, 15) is 4.79 Å². The molecular formula is C12H8FeO4-. The maximum Gasteiger partial charge on any atom is 0 e. The molecule has 3 rings (SSSR count). The van der Waals surface area contributed by atoms with Gasteiger partial charge < -0.3 is 11.2 Å². The van der Waals surface area contributed by atoms with Gasteiger partial charge in [-0.25, -0.2) is 0 Å². The molecule has 3 aliphatic carbocycles. The molecule has 0 N–H and O–H groups in total. The van der Waals surface area contributed by atoms with E-state index in [1.54, 1.807) is 6.42 Å². The summed E-state index contributed by atoms with van der Waals surface area (Å²) >= 11 is 0. The molecule has 3 aliphatic rings. The molecule has 0 aromatic carbocycles. The van der Waals surface area contributed by atoms with Crippen LogP contribution in [0.25, 0.3) is 0 Å². The van der Waals surface area contributed by atoms with Crippen LogP contribution in [-0.2, 0) is 35.8 Å². The van der Waals surface area contributed by atoms with Crippen molar-refractivity contribution < 1.29 is 35.8 Å². The van der Waals surface area contributed by atoms with Crippen molar-refractivity contribution in [3.8, 4) is 0 Å². The first-order chi connectivity index (χ1) is 7.86. The summed E-state index contributed by atoms with van der Waals surface area (Å²) in [4.78, 5) is 11.1. The molecule has 0 saturated heterocycles. The van der Waals surface area contributed by atoms with Crippen molar-refractivity contribution in [2.75, 3.05) is 0 Å². The normalized spacial score (nSPS) is 21.4. The van der Waals surface area contributed by atoms with Gasteiger partial charge in [-0.05, 0) is 6.42 Å². The van der Waals surface area contributed by atoms with Crippen LogP contribution in [0.4, 0.5) is 0 Å². The number of ketones is 1. The molecule has 0 amide bonds. The molecule has 0 aliphatic heterocycles. The van der Waals surface area contributed by atoms with Gasteiger partial charge >= 0.3 is 33.9 Å². The minimum atomic E-state index is 0. The van der Waals surface area contributed by atoms with Crippen molar-refractivity contribution in [2.24, 2.45) is 11.8 Å². The number of Topliss-reactive ketones (excluding diaryl/α,β-unsaturated/α-hetero) is 1. The van der Waals surface area contributed by atoms with E-state index in [-0.39, 0.29) is 34.7 Å². The number of fused-ring (bicyclic) bond motifs is 2. The molecule has 4 nitrogen and oxygen atoms in total. The van der Waals surface area contributed by atoms with E-state index in [4.69, 9.17) is 14.0 Å². The second kappa shape index (κ2) is 14.8. The third-order valence-electron chi connectivity index (χ3n) is 1.88. The second-order valence-corrected chi connectivity index (χ2v) is 2.63. The van der Waals surface area contributed by atoms with Gasteiger partial charge in [0.1, 0.15) is 0 Å². The van der Waals surface area contributed by atoms with Crippen molar-refractivity contribution >= 4 is 5.78 Å². The van der Waals surface area contributed by atoms with E-state index >= 15 is 0 Å². The molecule has 17 heavy (non-hydrogen) atoms. The minimum absolute atomic E-state index is 0. The molecule has 89 valence electrons. The number of allylic oxidation sites excluding steroid dienone is 4. The standard InChI is InChI=1S/C9H8O.3CO.Fe/c10-9-6-7-2-1-3-8(9)5-4-7;3*1-2;/h1-8H;;;;/q-1;;;;. The third kappa shape index (κ3) is 7.62. The van der Waals surface area contributed by atoms with Gasteiger partial charge in [0.25, 0.3) is 0 Å². The van der Waals surface area contributed by atoms with Gasteiger partial charge in [0.15, 0.2) is 0 Å². The molecule has 0 heterocycles. The first-order valence-electron chi connectivity index (χ1n) is 4.06. The maximum absolute atomic E-state index is 11.1. The van der Waals surface area contributed by atoms with Gasteiger partial charge in [0.05, 0.1) is 0 Å². The van der Waals surface area contributed by atoms with Crippen LogP contribution in [0.15, 0.2) is 24.3 Å². The SMILES string of the molecule is O=C1[CH-]C2[CH]C=CC1C=C2.[C-]#[O+].[C-]#[O+].[C-]#[O+].[Fe]. The minimum Gasteiger partial charge on any atom is 0 e. The van der Waals surface area contributed by atoms with Gasteiger partial charge in [-0.2, -0.15) is 0 Å². The van der Waals surface area contributed by atoms with Crippen LogP contribution < -0.4 is 0 Å². The zero-order valence-electron chi connectivity index (χ0n) is 8.61. The Morgan fingerprint density at radius 2 is 1.53 bits per heavy atom. The van der Waals surface area contributed by atoms with Gasteiger partial charge in [0.2, 0.25) is 0 Å². The predicted molar refractivity (Wildman–Crippen MR) is 50.7 cm³/mol. The zero-order valence-corrected chi connectivity index (χ0v) is 9.71. The topological polar surface area (TPSA) is 76.8 Å². The van der Waals surface area contributed by atoms with Gasteiger partial charge in [-0.15, -0.1) is 12.0 Å². The Labute approximate surface area is 111 Å². The zero-order chi connectivity index (χ0) is 13.0. The average Bonchev–Trinajstić information content (AvgIpc) is 2.71. The largest absolute Gasteiger partial charge is 0 e. The van der Waals surface area contributed by atoms with Crippen molar-refractivity contribution in [3.63, 3.8) is 0 Å². The summed E-state index contributed by atoms with van der Waals surface area (Å²) in [5, 5.41) is 0. The second-order valence-electron chi connectivity index (χ2n) is 2.63. The van der Waals surface area contributed by atoms with E-state index < -0.39 is 0 Å². The van der Waals surface area contributed by atoms with Crippen LogP contribution in [0.2, 0.25) is 0 Å². The average molecular weight is 272 g/mol. The summed E-state index contributed by atoms with van der Waals surface area (Å²) in [6.45, 7) is 13.5. The summed E-state index contributed by atoms with van der Waals surface area (Å²) in [5.41, 5.74) is 0. The van der Waals surface area contributed by atoms with Crippen LogP contribution in [0.1, 0.15) is 0 Å². The molecule has 0 aromatic heterocycles. The molecule has 0 saturated carbocycles. The smallest absolute Gasteiger partial charge is 0 e. The fourth-order valence-corrected chi connectivity index (χ4v) is 1.29. The van der Waals surface area contributed by atoms with E-state index in [1.807, 2.05) is 24.6 Å². The van der Waals surface area contributed by atoms with E-state index in [2.05, 4.69) is 26.0 Å². The Hall–Kier alpha value is -1.24. The summed E-state index contributed by atoms with van der Waals surface area (Å²) in [6, 6.07) is 0. The van der Waals surface area contributed by atoms with Crippen molar-refractivity contribution in [1.82, 2.24) is 0 Å². The number of hydrogen-bond acceptors (Lipinski definition) is 1. The number of rotatable bonds is 0. The van der Waals surface area contributed by atoms with Crippen LogP contribution >= 0.6 is 0 Å². The van der Waals surface area contributed by atoms with Crippen LogP contribution in [-0.4, -0.2) is 5.78 Å². The van der Waals surface area contributed by atoms with Gasteiger partial charge in [-0.1, -0.05) is 18.2 Å². The fourth-order valence-electron chi connectivity index (χ4n) is 1.29. The van der Waals surface area contributed by atoms with E-state index in [0.29, 0.717) is 0 Å². The molecule has 0 spiro atoms. The Balaban J connectivity index is -0.000000248. The van der Waals surface area contributed by atoms with Crippen molar-refractivity contribution in [3.05, 3.63) is 57.1 Å². The Bertz CT molecular complexity index is 311. The first-order valence-corrected chi connectivity index (χ1v) is 4.06. The van der Waals surface area contributed by atoms with Gasteiger partial charge in [0, 0.05) is 28.8 Å². The number of carbonyl (C=O) groups is 1. The molecule has 1 radical (unpaired) electrons. The summed E-state index contributed by atoms with van der Waals surface area (Å²) in [6.07, 6.45) is 11.7. The molecule has 5 heteroatoms. The Morgan fingerprint density at radius 3 is 2.00 bits per heavy atom. The molecule has 2 bridgehead atoms. The van der Waals surface area contributed by atoms with Gasteiger partial charge in [-0.3, -0.25) is 0 Å². The predicted octanol–water partition coefficient (Wildman–Crippen LogP) is 1.22. The molecule has 2 atom stereocenters. The molecular weight excluding hydrogens is 264 g/mol. The Kier molecular flexibility index (Phi) is 18.3. The monoisotopic (exact) mass is 272 g/mol. The fraction of sp³-hybridized carbons (Fsp3) is 0.167. The first kappa shape index (κ1) is 21.1. The van der Waals surface area contributed by atoms with E-state index in [0.717, 1.165) is 0 Å². The summed E-state index contributed by atoms with van der Waals surface area (Å²) in [5.74, 6) is 0.509. The van der Waals surface area contributed by atoms with Crippen LogP contribution in [0.5, 0.6) is 0 Å². The van der Waals surface area contributed by atoms with Crippen molar-refractivity contribution in [2.45, 2.75) is 0 Å². The maximum atomic E-state index is 11.1. The van der Waals surface area contributed by atoms with Crippen LogP contribution in [0.3, 0.4) is 0 Å². The molecule has 0 aromatic rings. The third-order valence-corrected chi connectivity index (χ3v) is 1.88. The molecule has 2 unspecified atom stereocenters. The number of carbonyl (C=O) groups excluding carboxylic acids is 1. The van der Waals surface area contributed by atoms with E-state index in [1.165, 1.54) is 0 Å².